The van der Waals surface area contributed by atoms with Gasteiger partial charge in [0.2, 0.25) is 0 Å². The highest BCUT2D eigenvalue weighted by molar-refractivity contribution is 9.10. The van der Waals surface area contributed by atoms with E-state index in [4.69, 9.17) is 4.74 Å². The molecule has 3 rings (SSSR count). The number of ether oxygens (including phenoxy) is 1. The van der Waals surface area contributed by atoms with Crippen molar-refractivity contribution in [2.75, 3.05) is 26.8 Å². The second kappa shape index (κ2) is 4.08. The molecule has 1 aliphatic heterocycles. The Morgan fingerprint density at radius 3 is 2.29 bits per heavy atom. The van der Waals surface area contributed by atoms with Crippen LogP contribution in [0.5, 0.6) is 0 Å². The first-order chi connectivity index (χ1) is 8.22. The van der Waals surface area contributed by atoms with Crippen LogP contribution in [-0.2, 0) is 10.2 Å². The molecule has 1 heterocycles. The highest BCUT2D eigenvalue weighted by atomic mass is 79.9. The van der Waals surface area contributed by atoms with Crippen molar-refractivity contribution >= 4 is 15.9 Å². The van der Waals surface area contributed by atoms with Crippen LogP contribution in [0.4, 0.5) is 0 Å². The van der Waals surface area contributed by atoms with Crippen molar-refractivity contribution in [3.8, 4) is 0 Å². The maximum Gasteiger partial charge on any atom is 0.0591 e. The van der Waals surface area contributed by atoms with Gasteiger partial charge in [-0.3, -0.25) is 0 Å². The van der Waals surface area contributed by atoms with Crippen molar-refractivity contribution in [3.05, 3.63) is 34.3 Å². The summed E-state index contributed by atoms with van der Waals surface area (Å²) in [5, 5.41) is 3.36. The van der Waals surface area contributed by atoms with Crippen molar-refractivity contribution in [2.45, 2.75) is 18.3 Å². The molecule has 2 fully saturated rings. The zero-order chi connectivity index (χ0) is 11.9. The Morgan fingerprint density at radius 2 is 1.88 bits per heavy atom. The minimum absolute atomic E-state index is 0.261. The van der Waals surface area contributed by atoms with Crippen LogP contribution in [0.1, 0.15) is 18.4 Å². The zero-order valence-corrected chi connectivity index (χ0v) is 11.7. The molecule has 0 amide bonds. The van der Waals surface area contributed by atoms with Gasteiger partial charge in [0.15, 0.2) is 0 Å². The summed E-state index contributed by atoms with van der Waals surface area (Å²) >= 11 is 3.51. The van der Waals surface area contributed by atoms with Crippen LogP contribution < -0.4 is 5.32 Å². The predicted molar refractivity (Wildman–Crippen MR) is 72.2 cm³/mol. The van der Waals surface area contributed by atoms with E-state index in [-0.39, 0.29) is 5.41 Å². The first-order valence-electron chi connectivity index (χ1n) is 6.21. The fourth-order valence-electron chi connectivity index (χ4n) is 3.17. The molecule has 2 nitrogen and oxygen atoms in total. The SMILES string of the molecule is CNCC1(C2(c3ccc(Br)cc3)COC2)CC1. The number of rotatable bonds is 4. The molecule has 92 valence electrons. The smallest absolute Gasteiger partial charge is 0.0591 e. The molecule has 3 heteroatoms. The normalized spacial score (nSPS) is 24.1. The lowest BCUT2D eigenvalue weighted by atomic mass is 9.66. The molecular weight excluding hydrogens is 278 g/mol. The van der Waals surface area contributed by atoms with Gasteiger partial charge in [-0.25, -0.2) is 0 Å². The van der Waals surface area contributed by atoms with E-state index in [9.17, 15) is 0 Å². The van der Waals surface area contributed by atoms with Crippen LogP contribution in [0.25, 0.3) is 0 Å². The summed E-state index contributed by atoms with van der Waals surface area (Å²) in [6, 6.07) is 8.79. The topological polar surface area (TPSA) is 21.3 Å². The average molecular weight is 296 g/mol. The van der Waals surface area contributed by atoms with E-state index in [0.717, 1.165) is 24.2 Å². The minimum atomic E-state index is 0.261. The van der Waals surface area contributed by atoms with Gasteiger partial charge in [-0.05, 0) is 43.0 Å². The summed E-state index contributed by atoms with van der Waals surface area (Å²) in [5.74, 6) is 0. The molecule has 1 aliphatic carbocycles. The molecule has 0 unspecified atom stereocenters. The van der Waals surface area contributed by atoms with E-state index >= 15 is 0 Å². The van der Waals surface area contributed by atoms with E-state index in [2.05, 4.69) is 52.6 Å². The summed E-state index contributed by atoms with van der Waals surface area (Å²) in [4.78, 5) is 0. The minimum Gasteiger partial charge on any atom is -0.379 e. The van der Waals surface area contributed by atoms with Gasteiger partial charge < -0.3 is 10.1 Å². The van der Waals surface area contributed by atoms with Crippen LogP contribution in [0.2, 0.25) is 0 Å². The van der Waals surface area contributed by atoms with E-state index in [1.807, 2.05) is 0 Å². The van der Waals surface area contributed by atoms with Crippen LogP contribution in [0.3, 0.4) is 0 Å². The largest absolute Gasteiger partial charge is 0.379 e. The third-order valence-electron chi connectivity index (χ3n) is 4.48. The molecule has 0 bridgehead atoms. The second-order valence-electron chi connectivity index (χ2n) is 5.39. The summed E-state index contributed by atoms with van der Waals surface area (Å²) in [6.45, 7) is 2.87. The highest BCUT2D eigenvalue weighted by Gasteiger charge is 2.62. The Bertz CT molecular complexity index is 407. The fraction of sp³-hybridized carbons (Fsp3) is 0.571. The quantitative estimate of drug-likeness (QED) is 0.922. The van der Waals surface area contributed by atoms with Gasteiger partial charge in [-0.1, -0.05) is 28.1 Å². The Morgan fingerprint density at radius 1 is 1.24 bits per heavy atom. The van der Waals surface area contributed by atoms with Gasteiger partial charge in [-0.15, -0.1) is 0 Å². The Balaban J connectivity index is 1.94. The molecule has 1 saturated carbocycles. The number of halogens is 1. The lowest BCUT2D eigenvalue weighted by molar-refractivity contribution is -0.0986. The lowest BCUT2D eigenvalue weighted by Gasteiger charge is -2.48. The van der Waals surface area contributed by atoms with Gasteiger partial charge >= 0.3 is 0 Å². The Hall–Kier alpha value is -0.380. The predicted octanol–water partition coefficient (Wildman–Crippen LogP) is 2.72. The maximum atomic E-state index is 5.56. The fourth-order valence-corrected chi connectivity index (χ4v) is 3.43. The monoisotopic (exact) mass is 295 g/mol. The van der Waals surface area contributed by atoms with Crippen molar-refractivity contribution in [2.24, 2.45) is 5.41 Å². The van der Waals surface area contributed by atoms with E-state index < -0.39 is 0 Å². The van der Waals surface area contributed by atoms with Gasteiger partial charge in [0.25, 0.3) is 0 Å². The highest BCUT2D eigenvalue weighted by Crippen LogP contribution is 2.62. The van der Waals surface area contributed by atoms with Gasteiger partial charge in [0, 0.05) is 16.4 Å². The summed E-state index contributed by atoms with van der Waals surface area (Å²) in [5.41, 5.74) is 2.14. The van der Waals surface area contributed by atoms with Crippen molar-refractivity contribution in [1.29, 1.82) is 0 Å². The van der Waals surface area contributed by atoms with Crippen molar-refractivity contribution < 1.29 is 4.74 Å². The maximum absolute atomic E-state index is 5.56. The van der Waals surface area contributed by atoms with Crippen molar-refractivity contribution in [3.63, 3.8) is 0 Å². The Kier molecular flexibility index (Phi) is 2.80. The van der Waals surface area contributed by atoms with Gasteiger partial charge in [0.1, 0.15) is 0 Å². The van der Waals surface area contributed by atoms with E-state index in [1.54, 1.807) is 0 Å². The average Bonchev–Trinajstić information content (AvgIpc) is 3.01. The van der Waals surface area contributed by atoms with Crippen LogP contribution >= 0.6 is 15.9 Å². The molecule has 1 saturated heterocycles. The number of hydrogen-bond acceptors (Lipinski definition) is 2. The van der Waals surface area contributed by atoms with Crippen LogP contribution in [-0.4, -0.2) is 26.8 Å². The molecule has 0 atom stereocenters. The standard InChI is InChI=1S/C14H18BrNO/c1-16-8-13(6-7-13)14(9-17-10-14)11-2-4-12(15)5-3-11/h2-5,16H,6-10H2,1H3. The third kappa shape index (κ3) is 1.67. The number of nitrogens with one attached hydrogen (secondary N) is 1. The second-order valence-corrected chi connectivity index (χ2v) is 6.31. The molecule has 1 N–H and O–H groups in total. The van der Waals surface area contributed by atoms with Gasteiger partial charge in [0.05, 0.1) is 13.2 Å². The molecule has 1 aromatic rings. The van der Waals surface area contributed by atoms with E-state index in [0.29, 0.717) is 5.41 Å². The molecule has 17 heavy (non-hydrogen) atoms. The summed E-state index contributed by atoms with van der Waals surface area (Å²) in [6.07, 6.45) is 2.65. The van der Waals surface area contributed by atoms with Crippen LogP contribution in [0, 0.1) is 5.41 Å². The third-order valence-corrected chi connectivity index (χ3v) is 5.01. The summed E-state index contributed by atoms with van der Waals surface area (Å²) < 4.78 is 6.70. The molecule has 2 aliphatic rings. The van der Waals surface area contributed by atoms with Crippen molar-refractivity contribution in [1.82, 2.24) is 5.32 Å². The Labute approximate surface area is 111 Å². The molecule has 1 aromatic carbocycles. The molecule has 0 radical (unpaired) electrons. The van der Waals surface area contributed by atoms with Gasteiger partial charge in [-0.2, -0.15) is 0 Å². The molecule has 0 spiro atoms. The lowest BCUT2D eigenvalue weighted by Crippen LogP contribution is -2.56. The zero-order valence-electron chi connectivity index (χ0n) is 10.1. The first-order valence-corrected chi connectivity index (χ1v) is 7.00. The number of benzene rings is 1. The molecule has 0 aromatic heterocycles. The van der Waals surface area contributed by atoms with E-state index in [1.165, 1.54) is 18.4 Å². The number of hydrogen-bond donors (Lipinski definition) is 1. The van der Waals surface area contributed by atoms with Crippen LogP contribution in [0.15, 0.2) is 28.7 Å². The summed E-state index contributed by atoms with van der Waals surface area (Å²) in [7, 11) is 2.05. The molecular formula is C14H18BrNO. The first kappa shape index (κ1) is 11.7.